The average molecular weight is 682 g/mol. The number of halogens is 11. The summed E-state index contributed by atoms with van der Waals surface area (Å²) in [7, 11) is 0. The molecule has 46 heavy (non-hydrogen) atoms. The number of benzene rings is 4. The van der Waals surface area contributed by atoms with Gasteiger partial charge < -0.3 is 19.5 Å². The van der Waals surface area contributed by atoms with Crippen LogP contribution in [0.25, 0.3) is 11.1 Å². The van der Waals surface area contributed by atoms with Crippen molar-refractivity contribution in [1.82, 2.24) is 0 Å². The quantitative estimate of drug-likeness (QED) is 0.160. The van der Waals surface area contributed by atoms with Gasteiger partial charge in [0.1, 0.15) is 17.2 Å². The number of para-hydroxylation sites is 1. The number of nitrogens with zero attached hydrogens (tertiary/aromatic N) is 1. The van der Waals surface area contributed by atoms with Crippen molar-refractivity contribution in [1.29, 1.82) is 0 Å². The summed E-state index contributed by atoms with van der Waals surface area (Å²) >= 11 is 5.67. The van der Waals surface area contributed by atoms with E-state index in [-0.39, 0.29) is 22.7 Å². The molecule has 0 saturated carbocycles. The van der Waals surface area contributed by atoms with Gasteiger partial charge in [-0.15, -0.1) is 0 Å². The summed E-state index contributed by atoms with van der Waals surface area (Å²) < 4.78 is 142. The van der Waals surface area contributed by atoms with E-state index in [2.05, 4.69) is 4.74 Å². The van der Waals surface area contributed by atoms with E-state index in [0.717, 1.165) is 23.1 Å². The lowest BCUT2D eigenvalue weighted by molar-refractivity contribution is -0.253. The van der Waals surface area contributed by atoms with Crippen LogP contribution in [-0.4, -0.2) is 36.5 Å². The van der Waals surface area contributed by atoms with E-state index >= 15 is 0 Å². The molecule has 15 heteroatoms. The Labute approximate surface area is 260 Å². The van der Waals surface area contributed by atoms with Crippen molar-refractivity contribution in [2.75, 3.05) is 11.4 Å². The fourth-order valence-electron chi connectivity index (χ4n) is 4.33. The minimum Gasteiger partial charge on any atom is -0.457 e. The second-order valence-electron chi connectivity index (χ2n) is 9.84. The molecule has 0 aromatic heterocycles. The van der Waals surface area contributed by atoms with Gasteiger partial charge in [-0.3, -0.25) is 0 Å². The van der Waals surface area contributed by atoms with Crippen molar-refractivity contribution in [3.63, 3.8) is 0 Å². The van der Waals surface area contributed by atoms with Gasteiger partial charge in [0.2, 0.25) is 0 Å². The number of aliphatic hydroxyl groups excluding tert-OH is 1. The number of aliphatic hydroxyl groups is 1. The zero-order valence-electron chi connectivity index (χ0n) is 23.1. The normalized spacial score (nSPS) is 13.1. The average Bonchev–Trinajstić information content (AvgIpc) is 2.97. The first kappa shape index (κ1) is 34.7. The molecule has 0 saturated heterocycles. The van der Waals surface area contributed by atoms with Crippen LogP contribution in [0.3, 0.4) is 0 Å². The highest BCUT2D eigenvalue weighted by atomic mass is 35.5. The molecule has 0 bridgehead atoms. The Kier molecular flexibility index (Phi) is 10.3. The Hall–Kier alpha value is -4.17. The number of rotatable bonds is 11. The van der Waals surface area contributed by atoms with Crippen molar-refractivity contribution in [2.24, 2.45) is 0 Å². The summed E-state index contributed by atoms with van der Waals surface area (Å²) in [6, 6.07) is 19.2. The van der Waals surface area contributed by atoms with Gasteiger partial charge in [0, 0.05) is 17.8 Å². The van der Waals surface area contributed by atoms with Gasteiger partial charge in [-0.1, -0.05) is 54.1 Å². The molecule has 0 unspecified atom stereocenters. The minimum atomic E-state index is -5.04. The van der Waals surface area contributed by atoms with E-state index < -0.39 is 60.4 Å². The highest BCUT2D eigenvalue weighted by molar-refractivity contribution is 6.31. The van der Waals surface area contributed by atoms with E-state index in [1.165, 1.54) is 54.6 Å². The topological polar surface area (TPSA) is 41.9 Å². The first-order valence-corrected chi connectivity index (χ1v) is 13.5. The SMILES string of the molecule is O[C@H](CN(Cc1cccc(OC(F)(F)C(F)F)c1)c1ccccc1-c1cccc(Oc2ccc(Cl)c(C(F)(F)F)c2)c1)C(F)(F)F. The molecule has 4 aromatic carbocycles. The smallest absolute Gasteiger partial charge is 0.457 e. The summed E-state index contributed by atoms with van der Waals surface area (Å²) in [6.45, 7) is -1.46. The fraction of sp³-hybridized carbons (Fsp3) is 0.226. The molecule has 1 N–H and O–H groups in total. The summed E-state index contributed by atoms with van der Waals surface area (Å²) in [6.07, 6.45) is -21.6. The molecule has 0 radical (unpaired) electrons. The largest absolute Gasteiger partial charge is 0.461 e. The van der Waals surface area contributed by atoms with Crippen LogP contribution in [0.15, 0.2) is 91.0 Å². The summed E-state index contributed by atoms with van der Waals surface area (Å²) in [5, 5.41) is 9.41. The Morgan fingerprint density at radius 3 is 2.07 bits per heavy atom. The van der Waals surface area contributed by atoms with Crippen molar-refractivity contribution in [3.8, 4) is 28.4 Å². The van der Waals surface area contributed by atoms with Crippen LogP contribution < -0.4 is 14.4 Å². The third-order valence-corrected chi connectivity index (χ3v) is 6.75. The Morgan fingerprint density at radius 2 is 1.39 bits per heavy atom. The first-order chi connectivity index (χ1) is 21.4. The van der Waals surface area contributed by atoms with Crippen LogP contribution in [-0.2, 0) is 12.7 Å². The molecule has 4 aromatic rings. The third kappa shape index (κ3) is 8.75. The summed E-state index contributed by atoms with van der Waals surface area (Å²) in [5.41, 5.74) is -0.284. The lowest BCUT2D eigenvalue weighted by Gasteiger charge is -2.30. The van der Waals surface area contributed by atoms with Crippen LogP contribution in [0.4, 0.5) is 49.6 Å². The predicted molar refractivity (Wildman–Crippen MR) is 150 cm³/mol. The maximum Gasteiger partial charge on any atom is 0.461 e. The number of hydrogen-bond donors (Lipinski definition) is 1. The van der Waals surface area contributed by atoms with Gasteiger partial charge in [0.15, 0.2) is 6.10 Å². The number of ether oxygens (including phenoxy) is 2. The maximum absolute atomic E-state index is 13.5. The molecule has 0 aliphatic heterocycles. The number of alkyl halides is 10. The first-order valence-electron chi connectivity index (χ1n) is 13.1. The molecular formula is C31H22ClF10NO3. The molecule has 246 valence electrons. The Bertz CT molecular complexity index is 1650. The lowest BCUT2D eigenvalue weighted by atomic mass is 10.0. The van der Waals surface area contributed by atoms with Gasteiger partial charge >= 0.3 is 24.9 Å². The third-order valence-electron chi connectivity index (χ3n) is 6.42. The standard InChI is InChI=1S/C31H22ClF10NO3/c32-25-12-11-21(15-24(25)29(35,36)37)45-20-7-4-6-19(14-20)23-9-1-2-10-26(23)43(17-27(44)30(38,39)40)16-18-5-3-8-22(13-18)46-31(41,42)28(33)34/h1-15,27-28,44H,16-17H2/t27-/m1/s1. The molecule has 4 nitrogen and oxygen atoms in total. The van der Waals surface area contributed by atoms with Gasteiger partial charge in [-0.25, -0.2) is 0 Å². The molecule has 4 rings (SSSR count). The van der Waals surface area contributed by atoms with E-state index in [4.69, 9.17) is 16.3 Å². The van der Waals surface area contributed by atoms with Crippen molar-refractivity contribution >= 4 is 17.3 Å². The second-order valence-corrected chi connectivity index (χ2v) is 10.2. The van der Waals surface area contributed by atoms with E-state index in [1.54, 1.807) is 12.1 Å². The predicted octanol–water partition coefficient (Wildman–Crippen LogP) is 9.98. The molecular weight excluding hydrogens is 660 g/mol. The molecule has 0 aliphatic carbocycles. The lowest BCUT2D eigenvalue weighted by Crippen LogP contribution is -2.41. The van der Waals surface area contributed by atoms with E-state index in [1.807, 2.05) is 0 Å². The number of hydrogen-bond acceptors (Lipinski definition) is 4. The maximum atomic E-state index is 13.5. The minimum absolute atomic E-state index is 0.0643. The van der Waals surface area contributed by atoms with E-state index in [9.17, 15) is 49.0 Å². The fourth-order valence-corrected chi connectivity index (χ4v) is 4.56. The molecule has 0 spiro atoms. The highest BCUT2D eigenvalue weighted by Crippen LogP contribution is 2.39. The highest BCUT2D eigenvalue weighted by Gasteiger charge is 2.44. The van der Waals surface area contributed by atoms with Gasteiger partial charge in [0.05, 0.1) is 17.1 Å². The van der Waals surface area contributed by atoms with Crippen LogP contribution in [0.1, 0.15) is 11.1 Å². The Balaban J connectivity index is 1.70. The molecule has 1 atom stereocenters. The van der Waals surface area contributed by atoms with Crippen LogP contribution in [0, 0.1) is 0 Å². The van der Waals surface area contributed by atoms with Gasteiger partial charge in [0.25, 0.3) is 0 Å². The van der Waals surface area contributed by atoms with Gasteiger partial charge in [-0.05, 0) is 59.7 Å². The van der Waals surface area contributed by atoms with Crippen molar-refractivity contribution < 1.29 is 58.5 Å². The second kappa shape index (κ2) is 13.7. The summed E-state index contributed by atoms with van der Waals surface area (Å²) in [4.78, 5) is 1.10. The zero-order chi connectivity index (χ0) is 33.9. The molecule has 0 heterocycles. The van der Waals surface area contributed by atoms with Gasteiger partial charge in [-0.2, -0.15) is 43.9 Å². The van der Waals surface area contributed by atoms with Crippen LogP contribution in [0.2, 0.25) is 5.02 Å². The van der Waals surface area contributed by atoms with Crippen LogP contribution >= 0.6 is 11.6 Å². The van der Waals surface area contributed by atoms with E-state index in [0.29, 0.717) is 17.2 Å². The molecule has 0 fully saturated rings. The monoisotopic (exact) mass is 681 g/mol. The molecule has 0 amide bonds. The zero-order valence-corrected chi connectivity index (χ0v) is 23.9. The van der Waals surface area contributed by atoms with Crippen molar-refractivity contribution in [3.05, 3.63) is 107 Å². The molecule has 0 aliphatic rings. The Morgan fingerprint density at radius 1 is 0.739 bits per heavy atom. The summed E-state index contributed by atoms with van der Waals surface area (Å²) in [5.74, 6) is -0.806. The van der Waals surface area contributed by atoms with Crippen LogP contribution in [0.5, 0.6) is 17.2 Å². The van der Waals surface area contributed by atoms with Crippen molar-refractivity contribution in [2.45, 2.75) is 37.5 Å². The number of anilines is 1.